The first-order valence-corrected chi connectivity index (χ1v) is 4.86. The molecule has 82 valence electrons. The lowest BCUT2D eigenvalue weighted by Gasteiger charge is -2.34. The maximum absolute atomic E-state index is 5.55. The van der Waals surface area contributed by atoms with E-state index in [9.17, 15) is 0 Å². The van der Waals surface area contributed by atoms with Crippen molar-refractivity contribution in [2.75, 3.05) is 23.9 Å². The first-order chi connectivity index (χ1) is 7.17. The number of aromatic nitrogens is 2. The van der Waals surface area contributed by atoms with E-state index >= 15 is 0 Å². The van der Waals surface area contributed by atoms with Crippen molar-refractivity contribution in [1.29, 1.82) is 0 Å². The molecule has 1 heterocycles. The fourth-order valence-corrected chi connectivity index (χ4v) is 1.64. The van der Waals surface area contributed by atoms with Gasteiger partial charge in [0.25, 0.3) is 0 Å². The second-order valence-electron chi connectivity index (χ2n) is 3.71. The van der Waals surface area contributed by atoms with Crippen molar-refractivity contribution >= 4 is 17.6 Å². The van der Waals surface area contributed by atoms with E-state index in [-0.39, 0.29) is 5.95 Å². The highest BCUT2D eigenvalue weighted by atomic mass is 16.5. The number of anilines is 3. The van der Waals surface area contributed by atoms with Crippen molar-refractivity contribution in [1.82, 2.24) is 9.97 Å². The molecule has 1 aromatic heterocycles. The summed E-state index contributed by atoms with van der Waals surface area (Å²) in [5, 5.41) is 3.23. The Balaban J connectivity index is 1.94. The summed E-state index contributed by atoms with van der Waals surface area (Å²) in [6.45, 7) is 0. The lowest BCUT2D eigenvalue weighted by atomic mass is 9.89. The Morgan fingerprint density at radius 3 is 2.73 bits per heavy atom. The van der Waals surface area contributed by atoms with Crippen LogP contribution >= 0.6 is 0 Å². The minimum atomic E-state index is 0.195. The quantitative estimate of drug-likeness (QED) is 0.659. The largest absolute Gasteiger partial charge is 0.383 e. The molecule has 1 saturated carbocycles. The van der Waals surface area contributed by atoms with Crippen molar-refractivity contribution in [3.63, 3.8) is 0 Å². The predicted molar refractivity (Wildman–Crippen MR) is 58.3 cm³/mol. The molecule has 0 saturated heterocycles. The third-order valence-corrected chi connectivity index (χ3v) is 2.54. The van der Waals surface area contributed by atoms with E-state index in [1.54, 1.807) is 13.2 Å². The lowest BCUT2D eigenvalue weighted by molar-refractivity contribution is 0.0328. The van der Waals surface area contributed by atoms with Crippen LogP contribution in [0.25, 0.3) is 0 Å². The van der Waals surface area contributed by atoms with Crippen LogP contribution in [0.2, 0.25) is 0 Å². The molecule has 0 spiro atoms. The Morgan fingerprint density at radius 2 is 2.13 bits per heavy atom. The molecule has 1 aliphatic rings. The van der Waals surface area contributed by atoms with Gasteiger partial charge < -0.3 is 21.5 Å². The Labute approximate surface area is 88.0 Å². The summed E-state index contributed by atoms with van der Waals surface area (Å²) in [5.41, 5.74) is 11.0. The standard InChI is InChI=1S/C9H15N5O/c1-15-6-2-5(3-6)12-8-4-7(10)13-9(11)14-8/h4-6H,2-3H2,1H3,(H5,10,11,12,13,14). The highest BCUT2D eigenvalue weighted by Crippen LogP contribution is 2.26. The second kappa shape index (κ2) is 3.90. The monoisotopic (exact) mass is 209 g/mol. The van der Waals surface area contributed by atoms with E-state index in [2.05, 4.69) is 15.3 Å². The Morgan fingerprint density at radius 1 is 1.40 bits per heavy atom. The number of methoxy groups -OCH3 is 1. The summed E-state index contributed by atoms with van der Waals surface area (Å²) in [7, 11) is 1.72. The van der Waals surface area contributed by atoms with Crippen LogP contribution in [0.4, 0.5) is 17.6 Å². The van der Waals surface area contributed by atoms with Crippen LogP contribution < -0.4 is 16.8 Å². The van der Waals surface area contributed by atoms with Gasteiger partial charge in [-0.1, -0.05) is 0 Å². The molecule has 0 unspecified atom stereocenters. The Hall–Kier alpha value is -1.56. The van der Waals surface area contributed by atoms with Gasteiger partial charge in [-0.15, -0.1) is 0 Å². The van der Waals surface area contributed by atoms with Gasteiger partial charge >= 0.3 is 0 Å². The van der Waals surface area contributed by atoms with Gasteiger partial charge in [0.05, 0.1) is 6.10 Å². The van der Waals surface area contributed by atoms with Crippen LogP contribution in [0.3, 0.4) is 0 Å². The van der Waals surface area contributed by atoms with Crippen LogP contribution in [0.15, 0.2) is 6.07 Å². The van der Waals surface area contributed by atoms with Crippen LogP contribution in [0, 0.1) is 0 Å². The molecule has 1 aliphatic carbocycles. The molecule has 1 fully saturated rings. The number of nitrogens with zero attached hydrogens (tertiary/aromatic N) is 2. The fraction of sp³-hybridized carbons (Fsp3) is 0.556. The van der Waals surface area contributed by atoms with Crippen LogP contribution in [-0.2, 0) is 4.74 Å². The van der Waals surface area contributed by atoms with Crippen molar-refractivity contribution in [3.8, 4) is 0 Å². The summed E-state index contributed by atoms with van der Waals surface area (Å²) in [5.74, 6) is 1.26. The zero-order chi connectivity index (χ0) is 10.8. The molecule has 0 aliphatic heterocycles. The van der Waals surface area contributed by atoms with Gasteiger partial charge in [-0.25, -0.2) is 0 Å². The summed E-state index contributed by atoms with van der Waals surface area (Å²) in [6, 6.07) is 2.07. The van der Waals surface area contributed by atoms with Gasteiger partial charge in [0.2, 0.25) is 5.95 Å². The SMILES string of the molecule is COC1CC(Nc2cc(N)nc(N)n2)C1. The Bertz CT molecular complexity index is 330. The number of nitrogens with two attached hydrogens (primary N) is 2. The van der Waals surface area contributed by atoms with Crippen LogP contribution in [0.5, 0.6) is 0 Å². The molecule has 5 N–H and O–H groups in total. The maximum Gasteiger partial charge on any atom is 0.223 e. The highest BCUT2D eigenvalue weighted by molar-refractivity contribution is 5.49. The van der Waals surface area contributed by atoms with Gasteiger partial charge in [0.15, 0.2) is 0 Å². The molecule has 0 radical (unpaired) electrons. The van der Waals surface area contributed by atoms with Gasteiger partial charge in [0.1, 0.15) is 11.6 Å². The van der Waals surface area contributed by atoms with Crippen molar-refractivity contribution in [2.45, 2.75) is 25.0 Å². The number of hydrogen-bond donors (Lipinski definition) is 3. The highest BCUT2D eigenvalue weighted by Gasteiger charge is 2.29. The molecular formula is C9H15N5O. The third kappa shape index (κ3) is 2.27. The third-order valence-electron chi connectivity index (χ3n) is 2.54. The number of ether oxygens (including phenoxy) is 1. The van der Waals surface area contributed by atoms with Crippen molar-refractivity contribution in [3.05, 3.63) is 6.07 Å². The molecule has 15 heavy (non-hydrogen) atoms. The Kier molecular flexibility index (Phi) is 2.59. The summed E-state index contributed by atoms with van der Waals surface area (Å²) < 4.78 is 5.18. The summed E-state index contributed by atoms with van der Waals surface area (Å²) in [6.07, 6.45) is 2.33. The predicted octanol–water partition coefficient (Wildman–Crippen LogP) is 0.230. The fourth-order valence-electron chi connectivity index (χ4n) is 1.64. The first kappa shape index (κ1) is 9.97. The normalized spacial score (nSPS) is 24.6. The number of nitrogen functional groups attached to an aromatic ring is 2. The number of nitrogens with one attached hydrogen (secondary N) is 1. The minimum absolute atomic E-state index is 0.195. The van der Waals surface area contributed by atoms with E-state index in [1.807, 2.05) is 0 Å². The molecule has 0 amide bonds. The van der Waals surface area contributed by atoms with E-state index in [0.717, 1.165) is 12.8 Å². The van der Waals surface area contributed by atoms with Gasteiger partial charge in [-0.3, -0.25) is 0 Å². The molecule has 0 aromatic carbocycles. The summed E-state index contributed by atoms with van der Waals surface area (Å²) >= 11 is 0. The first-order valence-electron chi connectivity index (χ1n) is 4.86. The smallest absolute Gasteiger partial charge is 0.223 e. The number of rotatable bonds is 3. The van der Waals surface area contributed by atoms with Crippen LogP contribution in [-0.4, -0.2) is 29.2 Å². The maximum atomic E-state index is 5.55. The molecule has 2 rings (SSSR count). The molecule has 6 nitrogen and oxygen atoms in total. The van der Waals surface area contributed by atoms with Gasteiger partial charge in [-0.2, -0.15) is 9.97 Å². The van der Waals surface area contributed by atoms with Crippen molar-refractivity contribution < 1.29 is 4.74 Å². The minimum Gasteiger partial charge on any atom is -0.383 e. The zero-order valence-electron chi connectivity index (χ0n) is 8.60. The molecule has 1 aromatic rings. The van der Waals surface area contributed by atoms with Crippen molar-refractivity contribution in [2.24, 2.45) is 0 Å². The van der Waals surface area contributed by atoms with Gasteiger partial charge in [0, 0.05) is 19.2 Å². The second-order valence-corrected chi connectivity index (χ2v) is 3.71. The van der Waals surface area contributed by atoms with Crippen LogP contribution in [0.1, 0.15) is 12.8 Å². The molecule has 0 bridgehead atoms. The van der Waals surface area contributed by atoms with E-state index in [0.29, 0.717) is 23.8 Å². The van der Waals surface area contributed by atoms with E-state index < -0.39 is 0 Å². The molecule has 0 atom stereocenters. The van der Waals surface area contributed by atoms with Gasteiger partial charge in [-0.05, 0) is 12.8 Å². The average molecular weight is 209 g/mol. The summed E-state index contributed by atoms with van der Waals surface area (Å²) in [4.78, 5) is 7.84. The topological polar surface area (TPSA) is 99.1 Å². The lowest BCUT2D eigenvalue weighted by Crippen LogP contribution is -2.40. The zero-order valence-corrected chi connectivity index (χ0v) is 8.60. The molecule has 6 heteroatoms. The molecular weight excluding hydrogens is 194 g/mol. The average Bonchev–Trinajstić information content (AvgIpc) is 2.08. The number of hydrogen-bond acceptors (Lipinski definition) is 6. The van der Waals surface area contributed by atoms with E-state index in [1.165, 1.54) is 0 Å². The van der Waals surface area contributed by atoms with E-state index in [4.69, 9.17) is 16.2 Å².